The van der Waals surface area contributed by atoms with Crippen molar-refractivity contribution in [3.05, 3.63) is 5.82 Å². The summed E-state index contributed by atoms with van der Waals surface area (Å²) in [4.78, 5) is 18.5. The van der Waals surface area contributed by atoms with Crippen molar-refractivity contribution in [2.45, 2.75) is 58.6 Å². The van der Waals surface area contributed by atoms with Crippen molar-refractivity contribution in [2.24, 2.45) is 5.92 Å². The van der Waals surface area contributed by atoms with Crippen molar-refractivity contribution in [1.82, 2.24) is 9.36 Å². The van der Waals surface area contributed by atoms with Gasteiger partial charge in [-0.15, -0.1) is 0 Å². The third-order valence-electron chi connectivity index (χ3n) is 3.50. The molecule has 0 spiro atoms. The first-order valence-corrected chi connectivity index (χ1v) is 8.02. The molecule has 0 saturated heterocycles. The van der Waals surface area contributed by atoms with E-state index in [0.29, 0.717) is 11.0 Å². The summed E-state index contributed by atoms with van der Waals surface area (Å²) in [6.45, 7) is 7.39. The van der Waals surface area contributed by atoms with E-state index in [0.717, 1.165) is 19.3 Å². The Morgan fingerprint density at radius 2 is 2.19 bits per heavy atom. The Morgan fingerprint density at radius 3 is 2.71 bits per heavy atom. The number of hydrogen-bond donors (Lipinski definition) is 1. The molecule has 1 aromatic heterocycles. The number of carbonyl (C=O) groups excluding carboxylic acids is 1. The minimum atomic E-state index is -0.567. The van der Waals surface area contributed by atoms with Crippen LogP contribution in [0.2, 0.25) is 0 Å². The number of aliphatic hydroxyl groups excluding tert-OH is 1. The van der Waals surface area contributed by atoms with Crippen molar-refractivity contribution in [3.63, 3.8) is 0 Å². The number of hydrogen-bond acceptors (Lipinski definition) is 6. The van der Waals surface area contributed by atoms with E-state index in [1.54, 1.807) is 11.8 Å². The Hall–Kier alpha value is -1.21. The number of nitrogens with zero attached hydrogens (tertiary/aromatic N) is 3. The SMILES string of the molecule is Cc1nsc(N(C(=O)OC(C)(C)C)C2CCCC2CO)n1. The molecule has 2 unspecified atom stereocenters. The maximum absolute atomic E-state index is 12.6. The molecule has 0 aliphatic heterocycles. The van der Waals surface area contributed by atoms with E-state index < -0.39 is 11.7 Å². The molecule has 0 aromatic carbocycles. The van der Waals surface area contributed by atoms with Gasteiger partial charge in [-0.25, -0.2) is 14.7 Å². The van der Waals surface area contributed by atoms with Crippen molar-refractivity contribution in [2.75, 3.05) is 11.5 Å². The molecular formula is C14H23N3O3S. The molecule has 2 rings (SSSR count). The van der Waals surface area contributed by atoms with Crippen LogP contribution in [0, 0.1) is 12.8 Å². The quantitative estimate of drug-likeness (QED) is 0.928. The average molecular weight is 313 g/mol. The standard InChI is InChI=1S/C14H23N3O3S/c1-9-15-12(21-16-9)17(13(19)20-14(2,3)4)11-7-5-6-10(11)8-18/h10-11,18H,5-8H2,1-4H3. The number of amides is 1. The van der Waals surface area contributed by atoms with Gasteiger partial charge < -0.3 is 9.84 Å². The molecule has 1 N–H and O–H groups in total. The van der Waals surface area contributed by atoms with Gasteiger partial charge in [0, 0.05) is 30.1 Å². The molecule has 1 saturated carbocycles. The molecule has 1 aromatic rings. The summed E-state index contributed by atoms with van der Waals surface area (Å²) in [7, 11) is 0. The predicted molar refractivity (Wildman–Crippen MR) is 81.6 cm³/mol. The van der Waals surface area contributed by atoms with Crippen LogP contribution in [-0.2, 0) is 4.74 Å². The average Bonchev–Trinajstić information content (AvgIpc) is 2.97. The number of anilines is 1. The zero-order valence-electron chi connectivity index (χ0n) is 13.0. The third kappa shape index (κ3) is 3.91. The first kappa shape index (κ1) is 16.2. The van der Waals surface area contributed by atoms with E-state index in [1.807, 2.05) is 20.8 Å². The van der Waals surface area contributed by atoms with E-state index >= 15 is 0 Å². The third-order valence-corrected chi connectivity index (χ3v) is 4.31. The highest BCUT2D eigenvalue weighted by Crippen LogP contribution is 2.34. The number of rotatable bonds is 3. The van der Waals surface area contributed by atoms with Gasteiger partial charge in [-0.1, -0.05) is 6.42 Å². The number of aliphatic hydroxyl groups is 1. The lowest BCUT2D eigenvalue weighted by Gasteiger charge is -2.32. The summed E-state index contributed by atoms with van der Waals surface area (Å²) < 4.78 is 9.67. The molecule has 1 heterocycles. The van der Waals surface area contributed by atoms with Crippen molar-refractivity contribution in [1.29, 1.82) is 0 Å². The van der Waals surface area contributed by atoms with Gasteiger partial charge in [-0.2, -0.15) is 4.37 Å². The first-order valence-electron chi connectivity index (χ1n) is 7.25. The van der Waals surface area contributed by atoms with E-state index in [-0.39, 0.29) is 18.6 Å². The summed E-state index contributed by atoms with van der Waals surface area (Å²) >= 11 is 1.19. The lowest BCUT2D eigenvalue weighted by atomic mass is 10.0. The van der Waals surface area contributed by atoms with Gasteiger partial charge in [0.2, 0.25) is 5.13 Å². The highest BCUT2D eigenvalue weighted by molar-refractivity contribution is 7.09. The topological polar surface area (TPSA) is 75.6 Å². The van der Waals surface area contributed by atoms with E-state index in [4.69, 9.17) is 4.74 Å². The second-order valence-electron chi connectivity index (χ2n) is 6.42. The Labute approximate surface area is 129 Å². The largest absolute Gasteiger partial charge is 0.443 e. The molecule has 7 heteroatoms. The lowest BCUT2D eigenvalue weighted by Crippen LogP contribution is -2.46. The van der Waals surface area contributed by atoms with Crippen LogP contribution < -0.4 is 4.90 Å². The summed E-state index contributed by atoms with van der Waals surface area (Å²) in [5, 5.41) is 10.1. The fourth-order valence-corrected chi connectivity index (χ4v) is 3.35. The van der Waals surface area contributed by atoms with Crippen molar-refractivity contribution < 1.29 is 14.6 Å². The molecule has 118 valence electrons. The molecule has 1 aliphatic carbocycles. The highest BCUT2D eigenvalue weighted by Gasteiger charge is 2.39. The van der Waals surface area contributed by atoms with Crippen LogP contribution in [0.25, 0.3) is 0 Å². The number of aromatic nitrogens is 2. The van der Waals surface area contributed by atoms with Gasteiger partial charge in [-0.05, 0) is 40.5 Å². The monoisotopic (exact) mass is 313 g/mol. The second kappa shape index (κ2) is 6.27. The van der Waals surface area contributed by atoms with Gasteiger partial charge in [0.1, 0.15) is 11.4 Å². The van der Waals surface area contributed by atoms with Crippen molar-refractivity contribution in [3.8, 4) is 0 Å². The minimum absolute atomic E-state index is 0.0710. The molecule has 1 fully saturated rings. The Kier molecular flexibility index (Phi) is 4.83. The van der Waals surface area contributed by atoms with Gasteiger partial charge in [0.15, 0.2) is 0 Å². The maximum atomic E-state index is 12.6. The number of aryl methyl sites for hydroxylation is 1. The van der Waals surface area contributed by atoms with Gasteiger partial charge >= 0.3 is 6.09 Å². The summed E-state index contributed by atoms with van der Waals surface area (Å²) in [5.41, 5.74) is -0.567. The molecule has 6 nitrogen and oxygen atoms in total. The van der Waals surface area contributed by atoms with Gasteiger partial charge in [0.25, 0.3) is 0 Å². The predicted octanol–water partition coefficient (Wildman–Crippen LogP) is 2.75. The molecule has 2 atom stereocenters. The summed E-state index contributed by atoms with van der Waals surface area (Å²) in [6, 6.07) is -0.0720. The first-order chi connectivity index (χ1) is 9.81. The molecular weight excluding hydrogens is 290 g/mol. The fraction of sp³-hybridized carbons (Fsp3) is 0.786. The van der Waals surface area contributed by atoms with Crippen LogP contribution >= 0.6 is 11.5 Å². The number of carbonyl (C=O) groups is 1. The smallest absolute Gasteiger partial charge is 0.416 e. The van der Waals surface area contributed by atoms with E-state index in [1.165, 1.54) is 11.5 Å². The van der Waals surface area contributed by atoms with Crippen LogP contribution in [0.1, 0.15) is 45.9 Å². The normalized spacial score (nSPS) is 22.3. The lowest BCUT2D eigenvalue weighted by molar-refractivity contribution is 0.0551. The molecule has 21 heavy (non-hydrogen) atoms. The maximum Gasteiger partial charge on any atom is 0.416 e. The van der Waals surface area contributed by atoms with Crippen LogP contribution in [0.3, 0.4) is 0 Å². The zero-order valence-corrected chi connectivity index (χ0v) is 13.8. The van der Waals surface area contributed by atoms with Crippen LogP contribution in [0.4, 0.5) is 9.93 Å². The second-order valence-corrected chi connectivity index (χ2v) is 7.15. The fourth-order valence-electron chi connectivity index (χ4n) is 2.62. The van der Waals surface area contributed by atoms with Crippen LogP contribution in [-0.4, -0.2) is 38.8 Å². The number of ether oxygens (including phenoxy) is 1. The highest BCUT2D eigenvalue weighted by atomic mass is 32.1. The Bertz CT molecular complexity index is 498. The molecule has 0 radical (unpaired) electrons. The minimum Gasteiger partial charge on any atom is -0.443 e. The molecule has 1 amide bonds. The molecule has 1 aliphatic rings. The molecule has 0 bridgehead atoms. The van der Waals surface area contributed by atoms with E-state index in [2.05, 4.69) is 9.36 Å². The van der Waals surface area contributed by atoms with E-state index in [9.17, 15) is 9.90 Å². The Balaban J connectivity index is 2.28. The summed E-state index contributed by atoms with van der Waals surface area (Å²) in [5.74, 6) is 0.712. The van der Waals surface area contributed by atoms with Crippen LogP contribution in [0.5, 0.6) is 0 Å². The van der Waals surface area contributed by atoms with Gasteiger partial charge in [-0.3, -0.25) is 0 Å². The van der Waals surface area contributed by atoms with Crippen LogP contribution in [0.15, 0.2) is 0 Å². The summed E-state index contributed by atoms with van der Waals surface area (Å²) in [6.07, 6.45) is 2.35. The zero-order chi connectivity index (χ0) is 15.6. The Morgan fingerprint density at radius 1 is 1.48 bits per heavy atom. The van der Waals surface area contributed by atoms with Gasteiger partial charge in [0.05, 0.1) is 0 Å². The van der Waals surface area contributed by atoms with Crippen molar-refractivity contribution >= 4 is 22.8 Å².